The van der Waals surface area contributed by atoms with Gasteiger partial charge in [-0.2, -0.15) is 0 Å². The van der Waals surface area contributed by atoms with Crippen LogP contribution in [-0.4, -0.2) is 30.2 Å². The lowest BCUT2D eigenvalue weighted by Gasteiger charge is -2.38. The van der Waals surface area contributed by atoms with Crippen LogP contribution in [0.25, 0.3) is 0 Å². The first kappa shape index (κ1) is 16.6. The van der Waals surface area contributed by atoms with Gasteiger partial charge in [0.2, 0.25) is 0 Å². The van der Waals surface area contributed by atoms with Crippen LogP contribution in [-0.2, 0) is 20.6 Å². The molecule has 2 rings (SSSR count). The normalized spacial score (nSPS) is 27.2. The quantitative estimate of drug-likeness (QED) is 0.921. The van der Waals surface area contributed by atoms with Gasteiger partial charge in [0.25, 0.3) is 0 Å². The first-order chi connectivity index (χ1) is 9.60. The van der Waals surface area contributed by atoms with Gasteiger partial charge in [0.05, 0.1) is 20.9 Å². The molecule has 0 heterocycles. The molecule has 2 N–H and O–H groups in total. The summed E-state index contributed by atoms with van der Waals surface area (Å²) in [6.07, 6.45) is 3.92. The molecular weight excluding hydrogens is 306 g/mol. The van der Waals surface area contributed by atoms with Crippen molar-refractivity contribution in [1.29, 1.82) is 0 Å². The van der Waals surface area contributed by atoms with Crippen LogP contribution in [0.4, 0.5) is 0 Å². The SMILES string of the molecule is CC1(C)CCC(N)C(S(=O)c2ccc(S(C)(=O)=O)cc2)C1. The molecule has 4 nitrogen and oxygen atoms in total. The maximum absolute atomic E-state index is 12.7. The molecule has 118 valence electrons. The molecule has 0 spiro atoms. The van der Waals surface area contributed by atoms with Crippen molar-refractivity contribution in [3.63, 3.8) is 0 Å². The van der Waals surface area contributed by atoms with Gasteiger partial charge in [0.1, 0.15) is 0 Å². The van der Waals surface area contributed by atoms with Crippen molar-refractivity contribution < 1.29 is 12.6 Å². The number of sulfone groups is 1. The van der Waals surface area contributed by atoms with Crippen molar-refractivity contribution in [3.8, 4) is 0 Å². The van der Waals surface area contributed by atoms with Gasteiger partial charge < -0.3 is 5.73 Å². The Morgan fingerprint density at radius 2 is 1.81 bits per heavy atom. The molecule has 0 aliphatic heterocycles. The fourth-order valence-corrected chi connectivity index (χ4v) is 5.21. The minimum atomic E-state index is -3.22. The summed E-state index contributed by atoms with van der Waals surface area (Å²) in [4.78, 5) is 0.900. The molecule has 1 aliphatic rings. The molecule has 0 bridgehead atoms. The van der Waals surface area contributed by atoms with Crippen LogP contribution in [0.1, 0.15) is 33.1 Å². The molecule has 1 aromatic carbocycles. The number of hydrogen-bond donors (Lipinski definition) is 1. The molecule has 0 amide bonds. The van der Waals surface area contributed by atoms with E-state index in [1.807, 2.05) is 0 Å². The predicted molar refractivity (Wildman–Crippen MR) is 85.4 cm³/mol. The molecule has 1 saturated carbocycles. The van der Waals surface area contributed by atoms with Gasteiger partial charge in [-0.1, -0.05) is 13.8 Å². The molecule has 0 radical (unpaired) electrons. The Morgan fingerprint density at radius 3 is 2.33 bits per heavy atom. The highest BCUT2D eigenvalue weighted by molar-refractivity contribution is 7.90. The van der Waals surface area contributed by atoms with E-state index in [0.29, 0.717) is 4.90 Å². The van der Waals surface area contributed by atoms with Gasteiger partial charge in [-0.05, 0) is 48.9 Å². The maximum atomic E-state index is 12.7. The largest absolute Gasteiger partial charge is 0.327 e. The fourth-order valence-electron chi connectivity index (χ4n) is 2.77. The summed E-state index contributed by atoms with van der Waals surface area (Å²) < 4.78 is 35.7. The minimum absolute atomic E-state index is 0.0616. The zero-order chi connectivity index (χ0) is 15.8. The third kappa shape index (κ3) is 3.93. The van der Waals surface area contributed by atoms with Gasteiger partial charge >= 0.3 is 0 Å². The lowest BCUT2D eigenvalue weighted by Crippen LogP contribution is -2.45. The van der Waals surface area contributed by atoms with Crippen LogP contribution in [0.5, 0.6) is 0 Å². The van der Waals surface area contributed by atoms with Crippen LogP contribution in [0.3, 0.4) is 0 Å². The van der Waals surface area contributed by atoms with Crippen LogP contribution >= 0.6 is 0 Å². The molecule has 0 saturated heterocycles. The van der Waals surface area contributed by atoms with Gasteiger partial charge in [-0.3, -0.25) is 4.21 Å². The second-order valence-electron chi connectivity index (χ2n) is 6.65. The van der Waals surface area contributed by atoms with Crippen LogP contribution in [0.2, 0.25) is 0 Å². The average Bonchev–Trinajstić information content (AvgIpc) is 2.40. The monoisotopic (exact) mass is 329 g/mol. The topological polar surface area (TPSA) is 77.2 Å². The highest BCUT2D eigenvalue weighted by Gasteiger charge is 2.36. The number of nitrogens with two attached hydrogens (primary N) is 1. The molecule has 3 atom stereocenters. The first-order valence-corrected chi connectivity index (χ1v) is 10.2. The standard InChI is InChI=1S/C15H23NO3S2/c1-15(2)9-8-13(16)14(10-15)20(17)11-4-6-12(7-5-11)21(3,18)19/h4-7,13-14H,8-10,16H2,1-3H3. The number of benzene rings is 1. The first-order valence-electron chi connectivity index (χ1n) is 7.06. The van der Waals surface area contributed by atoms with Crippen LogP contribution in [0.15, 0.2) is 34.1 Å². The van der Waals surface area contributed by atoms with Gasteiger partial charge in [0, 0.05) is 17.2 Å². The Balaban J connectivity index is 2.23. The highest BCUT2D eigenvalue weighted by atomic mass is 32.2. The molecule has 1 aliphatic carbocycles. The lowest BCUT2D eigenvalue weighted by atomic mass is 9.75. The molecule has 1 aromatic rings. The summed E-state index contributed by atoms with van der Waals surface area (Å²) in [7, 11) is -4.42. The van der Waals surface area contributed by atoms with Gasteiger partial charge in [0.15, 0.2) is 9.84 Å². The van der Waals surface area contributed by atoms with E-state index in [2.05, 4.69) is 13.8 Å². The van der Waals surface area contributed by atoms with E-state index in [1.54, 1.807) is 12.1 Å². The van der Waals surface area contributed by atoms with Gasteiger partial charge in [-0.15, -0.1) is 0 Å². The van der Waals surface area contributed by atoms with E-state index in [4.69, 9.17) is 5.73 Å². The van der Waals surface area contributed by atoms with E-state index in [1.165, 1.54) is 18.4 Å². The zero-order valence-corrected chi connectivity index (χ0v) is 14.3. The fraction of sp³-hybridized carbons (Fsp3) is 0.600. The van der Waals surface area contributed by atoms with Gasteiger partial charge in [-0.25, -0.2) is 8.42 Å². The Morgan fingerprint density at radius 1 is 1.24 bits per heavy atom. The van der Waals surface area contributed by atoms with E-state index in [9.17, 15) is 12.6 Å². The lowest BCUT2D eigenvalue weighted by molar-refractivity contribution is 0.230. The molecule has 3 unspecified atom stereocenters. The molecular formula is C15H23NO3S2. The molecule has 1 fully saturated rings. The highest BCUT2D eigenvalue weighted by Crippen LogP contribution is 2.38. The van der Waals surface area contributed by atoms with Crippen molar-refractivity contribution in [1.82, 2.24) is 0 Å². The summed E-state index contributed by atoms with van der Waals surface area (Å²) >= 11 is 0. The van der Waals surface area contributed by atoms with E-state index in [-0.39, 0.29) is 21.6 Å². The van der Waals surface area contributed by atoms with Crippen molar-refractivity contribution in [2.75, 3.05) is 6.26 Å². The molecule has 6 heteroatoms. The van der Waals surface area contributed by atoms with E-state index >= 15 is 0 Å². The molecule has 21 heavy (non-hydrogen) atoms. The van der Waals surface area contributed by atoms with Crippen LogP contribution in [0, 0.1) is 5.41 Å². The van der Waals surface area contributed by atoms with Crippen LogP contribution < -0.4 is 5.73 Å². The van der Waals surface area contributed by atoms with Crippen molar-refractivity contribution in [3.05, 3.63) is 24.3 Å². The second kappa shape index (κ2) is 5.82. The minimum Gasteiger partial charge on any atom is -0.327 e. The number of rotatable bonds is 3. The Kier molecular flexibility index (Phi) is 4.61. The van der Waals surface area contributed by atoms with E-state index in [0.717, 1.165) is 19.3 Å². The Hall–Kier alpha value is -0.720. The van der Waals surface area contributed by atoms with Crippen molar-refractivity contribution in [2.45, 2.75) is 54.2 Å². The average molecular weight is 329 g/mol. The Labute approximate surface area is 129 Å². The summed E-state index contributed by atoms with van der Waals surface area (Å²) in [5.74, 6) is 0. The second-order valence-corrected chi connectivity index (χ2v) is 10.3. The smallest absolute Gasteiger partial charge is 0.175 e. The molecule has 0 aromatic heterocycles. The van der Waals surface area contributed by atoms with Crippen molar-refractivity contribution >= 4 is 20.6 Å². The third-order valence-corrected chi connectivity index (χ3v) is 7.08. The third-order valence-electron chi connectivity index (χ3n) is 4.14. The summed E-state index contributed by atoms with van der Waals surface area (Å²) in [5, 5.41) is -0.0715. The van der Waals surface area contributed by atoms with Crippen molar-refractivity contribution in [2.24, 2.45) is 11.1 Å². The zero-order valence-electron chi connectivity index (χ0n) is 12.7. The number of hydrogen-bond acceptors (Lipinski definition) is 4. The summed E-state index contributed by atoms with van der Waals surface area (Å²) in [5.41, 5.74) is 6.30. The Bertz CT molecular complexity index is 635. The maximum Gasteiger partial charge on any atom is 0.175 e. The summed E-state index contributed by atoms with van der Waals surface area (Å²) in [6, 6.07) is 6.25. The predicted octanol–water partition coefficient (Wildman–Crippen LogP) is 2.10. The summed E-state index contributed by atoms with van der Waals surface area (Å²) in [6.45, 7) is 4.35. The van der Waals surface area contributed by atoms with E-state index < -0.39 is 20.6 Å².